The number of nitrogens with one attached hydrogen (secondary N) is 1. The minimum Gasteiger partial charge on any atom is -0.475 e. The van der Waals surface area contributed by atoms with Crippen molar-refractivity contribution in [1.82, 2.24) is 20.2 Å². The van der Waals surface area contributed by atoms with Gasteiger partial charge in [0, 0.05) is 11.9 Å². The first-order valence-electron chi connectivity index (χ1n) is 4.54. The SMILES string of the molecule is CC(C)c1[nH]nc2nc(C(=O)O)ncc12. The van der Waals surface area contributed by atoms with E-state index < -0.39 is 5.97 Å². The van der Waals surface area contributed by atoms with Crippen LogP contribution in [0.2, 0.25) is 0 Å². The molecule has 0 aliphatic rings. The minimum atomic E-state index is -1.15. The number of fused-ring (bicyclic) bond motifs is 1. The lowest BCUT2D eigenvalue weighted by Crippen LogP contribution is -2.03. The Bertz CT molecular complexity index is 518. The molecule has 78 valence electrons. The molecule has 0 aromatic carbocycles. The number of carboxylic acid groups (broad SMARTS) is 1. The number of nitrogens with zero attached hydrogens (tertiary/aromatic N) is 3. The van der Waals surface area contributed by atoms with Gasteiger partial charge in [-0.15, -0.1) is 0 Å². The van der Waals surface area contributed by atoms with Crippen LogP contribution in [-0.2, 0) is 0 Å². The van der Waals surface area contributed by atoms with Gasteiger partial charge in [0.15, 0.2) is 5.65 Å². The molecule has 15 heavy (non-hydrogen) atoms. The fourth-order valence-electron chi connectivity index (χ4n) is 1.36. The molecule has 2 N–H and O–H groups in total. The standard InChI is InChI=1S/C9H10N4O2/c1-4(2)6-5-3-10-8(9(14)15)11-7(5)13-12-6/h3-4H,1-2H3,(H,14,15)(H,10,11,12,13). The molecular formula is C9H10N4O2. The maximum absolute atomic E-state index is 10.6. The summed E-state index contributed by atoms with van der Waals surface area (Å²) in [6.45, 7) is 4.02. The van der Waals surface area contributed by atoms with Crippen LogP contribution in [0.5, 0.6) is 0 Å². The molecule has 0 aliphatic carbocycles. The highest BCUT2D eigenvalue weighted by molar-refractivity contribution is 5.86. The Labute approximate surface area is 85.4 Å². The van der Waals surface area contributed by atoms with Crippen LogP contribution in [0.15, 0.2) is 6.20 Å². The summed E-state index contributed by atoms with van der Waals surface area (Å²) in [6, 6.07) is 0. The van der Waals surface area contributed by atoms with Crippen LogP contribution in [0, 0.1) is 0 Å². The third-order valence-electron chi connectivity index (χ3n) is 2.11. The molecule has 6 heteroatoms. The maximum atomic E-state index is 10.6. The summed E-state index contributed by atoms with van der Waals surface area (Å²) in [4.78, 5) is 18.2. The van der Waals surface area contributed by atoms with E-state index in [9.17, 15) is 4.79 Å². The second-order valence-electron chi connectivity index (χ2n) is 3.53. The highest BCUT2D eigenvalue weighted by Crippen LogP contribution is 2.20. The Morgan fingerprint density at radius 1 is 1.53 bits per heavy atom. The molecule has 0 bridgehead atoms. The van der Waals surface area contributed by atoms with Crippen LogP contribution in [0.4, 0.5) is 0 Å². The number of aromatic nitrogens is 4. The first-order chi connectivity index (χ1) is 7.09. The van der Waals surface area contributed by atoms with Crippen LogP contribution in [0.3, 0.4) is 0 Å². The van der Waals surface area contributed by atoms with Gasteiger partial charge in [0.05, 0.1) is 5.39 Å². The summed E-state index contributed by atoms with van der Waals surface area (Å²) in [5.74, 6) is -1.11. The van der Waals surface area contributed by atoms with E-state index in [4.69, 9.17) is 5.11 Å². The van der Waals surface area contributed by atoms with Crippen LogP contribution >= 0.6 is 0 Å². The van der Waals surface area contributed by atoms with Crippen molar-refractivity contribution in [3.63, 3.8) is 0 Å². The molecule has 0 atom stereocenters. The average Bonchev–Trinajstić information content (AvgIpc) is 2.59. The number of carbonyl (C=O) groups is 1. The Kier molecular flexibility index (Phi) is 2.11. The van der Waals surface area contributed by atoms with Gasteiger partial charge in [-0.05, 0) is 5.92 Å². The molecule has 0 spiro atoms. The number of hydrogen-bond donors (Lipinski definition) is 2. The molecular weight excluding hydrogens is 196 g/mol. The lowest BCUT2D eigenvalue weighted by Gasteiger charge is -1.99. The van der Waals surface area contributed by atoms with Crippen molar-refractivity contribution in [1.29, 1.82) is 0 Å². The Hall–Kier alpha value is -1.98. The average molecular weight is 206 g/mol. The van der Waals surface area contributed by atoms with Crippen molar-refractivity contribution >= 4 is 17.0 Å². The first-order valence-corrected chi connectivity index (χ1v) is 4.54. The fourth-order valence-corrected chi connectivity index (χ4v) is 1.36. The normalized spacial score (nSPS) is 11.1. The van der Waals surface area contributed by atoms with E-state index in [2.05, 4.69) is 20.2 Å². The summed E-state index contributed by atoms with van der Waals surface area (Å²) in [6.07, 6.45) is 1.49. The van der Waals surface area contributed by atoms with E-state index in [-0.39, 0.29) is 11.7 Å². The van der Waals surface area contributed by atoms with Crippen molar-refractivity contribution in [2.45, 2.75) is 19.8 Å². The lowest BCUT2D eigenvalue weighted by atomic mass is 10.1. The lowest BCUT2D eigenvalue weighted by molar-refractivity contribution is 0.0684. The summed E-state index contributed by atoms with van der Waals surface area (Å²) in [7, 11) is 0. The van der Waals surface area contributed by atoms with E-state index in [0.717, 1.165) is 11.1 Å². The van der Waals surface area contributed by atoms with Gasteiger partial charge in [-0.3, -0.25) is 5.10 Å². The molecule has 2 aromatic heterocycles. The number of hydrogen-bond acceptors (Lipinski definition) is 4. The first kappa shape index (κ1) is 9.57. The highest BCUT2D eigenvalue weighted by Gasteiger charge is 2.13. The van der Waals surface area contributed by atoms with Gasteiger partial charge < -0.3 is 5.11 Å². The second kappa shape index (κ2) is 3.30. The molecule has 2 heterocycles. The second-order valence-corrected chi connectivity index (χ2v) is 3.53. The summed E-state index contributed by atoms with van der Waals surface area (Å²) < 4.78 is 0. The summed E-state index contributed by atoms with van der Waals surface area (Å²) in [5, 5.41) is 16.2. The van der Waals surface area contributed by atoms with E-state index in [1.807, 2.05) is 13.8 Å². The van der Waals surface area contributed by atoms with Gasteiger partial charge in [-0.25, -0.2) is 14.8 Å². The largest absolute Gasteiger partial charge is 0.475 e. The van der Waals surface area contributed by atoms with E-state index in [1.54, 1.807) is 0 Å². The third kappa shape index (κ3) is 1.54. The van der Waals surface area contributed by atoms with Crippen molar-refractivity contribution in [3.8, 4) is 0 Å². The van der Waals surface area contributed by atoms with E-state index in [1.165, 1.54) is 6.20 Å². The van der Waals surface area contributed by atoms with E-state index in [0.29, 0.717) is 5.65 Å². The van der Waals surface area contributed by atoms with Gasteiger partial charge in [-0.1, -0.05) is 13.8 Å². The van der Waals surface area contributed by atoms with E-state index >= 15 is 0 Å². The molecule has 0 fully saturated rings. The monoisotopic (exact) mass is 206 g/mol. The van der Waals surface area contributed by atoms with Crippen molar-refractivity contribution in [2.75, 3.05) is 0 Å². The summed E-state index contributed by atoms with van der Waals surface area (Å²) >= 11 is 0. The van der Waals surface area contributed by atoms with Gasteiger partial charge in [0.25, 0.3) is 0 Å². The maximum Gasteiger partial charge on any atom is 0.374 e. The van der Waals surface area contributed by atoms with Crippen LogP contribution in [0.1, 0.15) is 36.1 Å². The smallest absolute Gasteiger partial charge is 0.374 e. The molecule has 0 radical (unpaired) electrons. The van der Waals surface area contributed by atoms with Gasteiger partial charge >= 0.3 is 5.97 Å². The molecule has 0 unspecified atom stereocenters. The molecule has 0 saturated carbocycles. The third-order valence-corrected chi connectivity index (χ3v) is 2.11. The van der Waals surface area contributed by atoms with Gasteiger partial charge in [-0.2, -0.15) is 5.10 Å². The minimum absolute atomic E-state index is 0.232. The van der Waals surface area contributed by atoms with Gasteiger partial charge in [0.1, 0.15) is 0 Å². The van der Waals surface area contributed by atoms with Crippen LogP contribution in [-0.4, -0.2) is 31.2 Å². The molecule has 0 amide bonds. The zero-order chi connectivity index (χ0) is 11.0. The van der Waals surface area contributed by atoms with Crippen molar-refractivity contribution in [3.05, 3.63) is 17.7 Å². The van der Waals surface area contributed by atoms with Crippen molar-refractivity contribution in [2.24, 2.45) is 0 Å². The fraction of sp³-hybridized carbons (Fsp3) is 0.333. The molecule has 2 aromatic rings. The Balaban J connectivity index is 2.61. The van der Waals surface area contributed by atoms with Crippen molar-refractivity contribution < 1.29 is 9.90 Å². The Morgan fingerprint density at radius 2 is 2.27 bits per heavy atom. The predicted octanol–water partition coefficient (Wildman–Crippen LogP) is 1.17. The topological polar surface area (TPSA) is 91.8 Å². The molecule has 2 rings (SSSR count). The molecule has 6 nitrogen and oxygen atoms in total. The van der Waals surface area contributed by atoms with Crippen LogP contribution in [0.25, 0.3) is 11.0 Å². The number of rotatable bonds is 2. The van der Waals surface area contributed by atoms with Gasteiger partial charge in [0.2, 0.25) is 5.82 Å². The predicted molar refractivity (Wildman–Crippen MR) is 52.7 cm³/mol. The number of H-pyrrole nitrogens is 1. The number of carboxylic acids is 1. The number of aromatic carboxylic acids is 1. The zero-order valence-electron chi connectivity index (χ0n) is 8.35. The zero-order valence-corrected chi connectivity index (χ0v) is 8.35. The molecule has 0 aliphatic heterocycles. The van der Waals surface area contributed by atoms with Crippen LogP contribution < -0.4 is 0 Å². The highest BCUT2D eigenvalue weighted by atomic mass is 16.4. The summed E-state index contributed by atoms with van der Waals surface area (Å²) in [5.41, 5.74) is 1.31. The Morgan fingerprint density at radius 3 is 2.87 bits per heavy atom. The number of aromatic amines is 1. The quantitative estimate of drug-likeness (QED) is 0.769. The molecule has 0 saturated heterocycles.